The fraction of sp³-hybridized carbons (Fsp3) is 0.667. The second-order valence-electron chi connectivity index (χ2n) is 7.50. The molecule has 0 bridgehead atoms. The van der Waals surface area contributed by atoms with Gasteiger partial charge in [0.15, 0.2) is 0 Å². The number of aryl methyl sites for hydroxylation is 2. The molecule has 6 heteroatoms. The minimum atomic E-state index is 0.467. The third kappa shape index (κ3) is 3.27. The number of thiazole rings is 1. The lowest BCUT2D eigenvalue weighted by Gasteiger charge is -2.40. The molecule has 2 fully saturated rings. The summed E-state index contributed by atoms with van der Waals surface area (Å²) < 4.78 is 5.33. The Balaban J connectivity index is 1.39. The quantitative estimate of drug-likeness (QED) is 0.850. The number of aromatic nitrogens is 2. The summed E-state index contributed by atoms with van der Waals surface area (Å²) in [6.07, 6.45) is 5.90. The van der Waals surface area contributed by atoms with E-state index < -0.39 is 0 Å². The van der Waals surface area contributed by atoms with Crippen LogP contribution in [-0.4, -0.2) is 46.1 Å². The van der Waals surface area contributed by atoms with Gasteiger partial charge in [-0.25, -0.2) is 4.98 Å². The maximum Gasteiger partial charge on any atom is 0.138 e. The van der Waals surface area contributed by atoms with Crippen LogP contribution in [0.4, 0.5) is 0 Å². The van der Waals surface area contributed by atoms with E-state index in [2.05, 4.69) is 25.3 Å². The Morgan fingerprint density at radius 2 is 2.00 bits per heavy atom. The second-order valence-corrected chi connectivity index (χ2v) is 8.48. The first-order valence-corrected chi connectivity index (χ1v) is 9.76. The molecule has 0 aliphatic carbocycles. The van der Waals surface area contributed by atoms with Gasteiger partial charge in [0.1, 0.15) is 10.8 Å². The molecule has 1 spiro atoms. The molecular formula is C18H26N4OS. The maximum absolute atomic E-state index is 5.33. The van der Waals surface area contributed by atoms with E-state index in [4.69, 9.17) is 4.52 Å². The molecule has 0 N–H and O–H groups in total. The van der Waals surface area contributed by atoms with Gasteiger partial charge in [-0.05, 0) is 51.6 Å². The van der Waals surface area contributed by atoms with Gasteiger partial charge >= 0.3 is 0 Å². The normalized spacial score (nSPS) is 25.8. The molecule has 4 heterocycles. The van der Waals surface area contributed by atoms with Gasteiger partial charge in [-0.3, -0.25) is 9.80 Å². The smallest absolute Gasteiger partial charge is 0.138 e. The third-order valence-electron chi connectivity index (χ3n) is 5.66. The van der Waals surface area contributed by atoms with E-state index in [0.717, 1.165) is 24.5 Å². The lowest BCUT2D eigenvalue weighted by molar-refractivity contribution is 0.0865. The number of rotatable bonds is 4. The standard InChI is InChI=1S/C18H26N4OS/c1-14-16(15(2)23-20-14)10-22-8-5-18(13-22)4-3-7-21(12-18)11-17-19-6-9-24-17/h6,9H,3-5,7-8,10-13H2,1-2H3. The van der Waals surface area contributed by atoms with Crippen LogP contribution in [0.25, 0.3) is 0 Å². The van der Waals surface area contributed by atoms with Crippen molar-refractivity contribution in [3.8, 4) is 0 Å². The highest BCUT2D eigenvalue weighted by molar-refractivity contribution is 7.09. The van der Waals surface area contributed by atoms with Crippen molar-refractivity contribution in [1.29, 1.82) is 0 Å². The molecule has 1 atom stereocenters. The highest BCUT2D eigenvalue weighted by Gasteiger charge is 2.41. The molecule has 24 heavy (non-hydrogen) atoms. The summed E-state index contributed by atoms with van der Waals surface area (Å²) in [6, 6.07) is 0. The highest BCUT2D eigenvalue weighted by atomic mass is 32.1. The van der Waals surface area contributed by atoms with Crippen LogP contribution in [0.1, 0.15) is 41.3 Å². The summed E-state index contributed by atoms with van der Waals surface area (Å²) in [7, 11) is 0. The number of nitrogens with zero attached hydrogens (tertiary/aromatic N) is 4. The third-order valence-corrected chi connectivity index (χ3v) is 6.43. The predicted octanol–water partition coefficient (Wildman–Crippen LogP) is 3.24. The van der Waals surface area contributed by atoms with Crippen LogP contribution in [0.5, 0.6) is 0 Å². The molecule has 2 aliphatic rings. The van der Waals surface area contributed by atoms with Gasteiger partial charge in [-0.15, -0.1) is 11.3 Å². The molecule has 0 aromatic carbocycles. The van der Waals surface area contributed by atoms with Crippen LogP contribution in [0.15, 0.2) is 16.1 Å². The van der Waals surface area contributed by atoms with Crippen LogP contribution in [0.2, 0.25) is 0 Å². The summed E-state index contributed by atoms with van der Waals surface area (Å²) >= 11 is 1.77. The van der Waals surface area contributed by atoms with Gasteiger partial charge < -0.3 is 4.52 Å². The molecule has 0 saturated carbocycles. The van der Waals surface area contributed by atoms with Crippen LogP contribution >= 0.6 is 11.3 Å². The van der Waals surface area contributed by atoms with E-state index >= 15 is 0 Å². The van der Waals surface area contributed by atoms with Crippen LogP contribution in [0.3, 0.4) is 0 Å². The van der Waals surface area contributed by atoms with Crippen molar-refractivity contribution < 1.29 is 4.52 Å². The van der Waals surface area contributed by atoms with Gasteiger partial charge in [0.2, 0.25) is 0 Å². The lowest BCUT2D eigenvalue weighted by atomic mass is 9.79. The van der Waals surface area contributed by atoms with Crippen molar-refractivity contribution in [1.82, 2.24) is 19.9 Å². The van der Waals surface area contributed by atoms with Crippen LogP contribution < -0.4 is 0 Å². The molecule has 0 radical (unpaired) electrons. The van der Waals surface area contributed by atoms with E-state index in [1.54, 1.807) is 11.3 Å². The molecule has 5 nitrogen and oxygen atoms in total. The first-order valence-electron chi connectivity index (χ1n) is 8.88. The zero-order chi connectivity index (χ0) is 16.6. The van der Waals surface area contributed by atoms with Crippen molar-refractivity contribution in [3.63, 3.8) is 0 Å². The summed E-state index contributed by atoms with van der Waals surface area (Å²) in [4.78, 5) is 9.67. The molecule has 4 rings (SSSR count). The fourth-order valence-corrected chi connectivity index (χ4v) is 5.07. The van der Waals surface area contributed by atoms with Crippen molar-refractivity contribution in [2.24, 2.45) is 5.41 Å². The van der Waals surface area contributed by atoms with Gasteiger partial charge in [0.05, 0.1) is 12.2 Å². The largest absolute Gasteiger partial charge is 0.361 e. The monoisotopic (exact) mass is 346 g/mol. The average molecular weight is 346 g/mol. The fourth-order valence-electron chi connectivity index (χ4n) is 4.41. The van der Waals surface area contributed by atoms with Crippen molar-refractivity contribution in [3.05, 3.63) is 33.6 Å². The van der Waals surface area contributed by atoms with E-state index in [9.17, 15) is 0 Å². The Labute approximate surface area is 147 Å². The van der Waals surface area contributed by atoms with Gasteiger partial charge in [-0.2, -0.15) is 0 Å². The minimum absolute atomic E-state index is 0.467. The Hall–Kier alpha value is -1.24. The lowest BCUT2D eigenvalue weighted by Crippen LogP contribution is -2.44. The Kier molecular flexibility index (Phi) is 4.45. The molecule has 2 aliphatic heterocycles. The molecule has 2 saturated heterocycles. The van der Waals surface area contributed by atoms with Gasteiger partial charge in [-0.1, -0.05) is 5.16 Å². The SMILES string of the molecule is Cc1noc(C)c1CN1CCC2(CCCN(Cc3nccs3)C2)C1. The first kappa shape index (κ1) is 16.2. The predicted molar refractivity (Wildman–Crippen MR) is 94.9 cm³/mol. The average Bonchev–Trinajstić information content (AvgIpc) is 3.27. The summed E-state index contributed by atoms with van der Waals surface area (Å²) in [5, 5.41) is 7.43. The van der Waals surface area contributed by atoms with Crippen molar-refractivity contribution in [2.45, 2.75) is 46.2 Å². The van der Waals surface area contributed by atoms with E-state index in [1.807, 2.05) is 20.0 Å². The van der Waals surface area contributed by atoms with E-state index in [-0.39, 0.29) is 0 Å². The van der Waals surface area contributed by atoms with Crippen molar-refractivity contribution >= 4 is 11.3 Å². The molecule has 1 unspecified atom stereocenters. The van der Waals surface area contributed by atoms with Gasteiger partial charge in [0, 0.05) is 36.8 Å². The van der Waals surface area contributed by atoms with Crippen LogP contribution in [0, 0.1) is 19.3 Å². The van der Waals surface area contributed by atoms with E-state index in [0.29, 0.717) is 5.41 Å². The molecule has 2 aromatic rings. The molecule has 130 valence electrons. The van der Waals surface area contributed by atoms with E-state index in [1.165, 1.54) is 56.0 Å². The number of hydrogen-bond acceptors (Lipinski definition) is 6. The van der Waals surface area contributed by atoms with Crippen LogP contribution in [-0.2, 0) is 13.1 Å². The number of likely N-dealkylation sites (tertiary alicyclic amines) is 2. The van der Waals surface area contributed by atoms with Gasteiger partial charge in [0.25, 0.3) is 0 Å². The first-order chi connectivity index (χ1) is 11.6. The zero-order valence-electron chi connectivity index (χ0n) is 14.6. The topological polar surface area (TPSA) is 45.4 Å². The molecule has 0 amide bonds. The zero-order valence-corrected chi connectivity index (χ0v) is 15.4. The Bertz CT molecular complexity index is 664. The summed E-state index contributed by atoms with van der Waals surface area (Å²) in [6.45, 7) is 10.9. The number of piperidine rings is 1. The second kappa shape index (κ2) is 6.58. The summed E-state index contributed by atoms with van der Waals surface area (Å²) in [5.74, 6) is 0.975. The Morgan fingerprint density at radius 3 is 2.71 bits per heavy atom. The molecule has 2 aromatic heterocycles. The maximum atomic E-state index is 5.33. The Morgan fingerprint density at radius 1 is 1.17 bits per heavy atom. The summed E-state index contributed by atoms with van der Waals surface area (Å²) in [5.41, 5.74) is 2.79. The minimum Gasteiger partial charge on any atom is -0.361 e. The number of hydrogen-bond donors (Lipinski definition) is 0. The molecular weight excluding hydrogens is 320 g/mol. The highest BCUT2D eigenvalue weighted by Crippen LogP contribution is 2.40. The van der Waals surface area contributed by atoms with Crippen molar-refractivity contribution in [2.75, 3.05) is 26.2 Å².